The van der Waals surface area contributed by atoms with Crippen molar-refractivity contribution in [3.05, 3.63) is 40.8 Å². The van der Waals surface area contributed by atoms with Crippen LogP contribution >= 0.6 is 0 Å². The van der Waals surface area contributed by atoms with Gasteiger partial charge in [-0.05, 0) is 32.9 Å². The number of allylic oxidation sites excluding steroid dienone is 1. The van der Waals surface area contributed by atoms with Crippen LogP contribution in [0.4, 0.5) is 0 Å². The van der Waals surface area contributed by atoms with Gasteiger partial charge in [-0.2, -0.15) is 0 Å². The number of Topliss-reactive ketones (excluding diaryl/α,β-unsaturated/α-hetero) is 1. The number of hydrogen-bond acceptors (Lipinski definition) is 2. The van der Waals surface area contributed by atoms with Crippen LogP contribution in [0.5, 0.6) is 0 Å². The number of rotatable bonds is 3. The van der Waals surface area contributed by atoms with Crippen molar-refractivity contribution < 1.29 is 9.00 Å². The van der Waals surface area contributed by atoms with Crippen LogP contribution in [0.15, 0.2) is 40.1 Å². The lowest BCUT2D eigenvalue weighted by atomic mass is 10.2. The molecule has 1 aromatic carbocycles. The van der Waals surface area contributed by atoms with Crippen LogP contribution in [-0.2, 0) is 15.6 Å². The zero-order valence-electron chi connectivity index (χ0n) is 9.11. The van der Waals surface area contributed by atoms with Crippen molar-refractivity contribution in [3.8, 4) is 0 Å². The van der Waals surface area contributed by atoms with Gasteiger partial charge in [0, 0.05) is 15.9 Å². The molecule has 2 nitrogen and oxygen atoms in total. The third kappa shape index (κ3) is 3.44. The monoisotopic (exact) mass is 222 g/mol. The van der Waals surface area contributed by atoms with Crippen LogP contribution in [-0.4, -0.2) is 9.99 Å². The summed E-state index contributed by atoms with van der Waals surface area (Å²) in [7, 11) is -1.23. The lowest BCUT2D eigenvalue weighted by Crippen LogP contribution is -1.95. The summed E-state index contributed by atoms with van der Waals surface area (Å²) in [6.45, 7) is 5.12. The molecule has 0 heterocycles. The van der Waals surface area contributed by atoms with Crippen molar-refractivity contribution in [2.45, 2.75) is 25.7 Å². The second-order valence-electron chi connectivity index (χ2n) is 3.47. The third-order valence-electron chi connectivity index (χ3n) is 2.09. The molecule has 0 aliphatic carbocycles. The highest BCUT2D eigenvalue weighted by Crippen LogP contribution is 2.11. The molecule has 0 aliphatic heterocycles. The Balaban J connectivity index is 2.91. The van der Waals surface area contributed by atoms with Gasteiger partial charge in [-0.3, -0.25) is 4.79 Å². The average Bonchev–Trinajstić information content (AvgIpc) is 2.18. The average molecular weight is 222 g/mol. The summed E-state index contributed by atoms with van der Waals surface area (Å²) >= 11 is 0. The predicted molar refractivity (Wildman–Crippen MR) is 62.0 cm³/mol. The quantitative estimate of drug-likeness (QED) is 0.737. The van der Waals surface area contributed by atoms with Gasteiger partial charge in [-0.15, -0.1) is 0 Å². The summed E-state index contributed by atoms with van der Waals surface area (Å²) in [5.41, 5.74) is 1.66. The molecule has 1 rings (SSSR count). The predicted octanol–water partition coefficient (Wildman–Crippen LogP) is 2.60. The first-order chi connectivity index (χ1) is 7.00. The summed E-state index contributed by atoms with van der Waals surface area (Å²) in [5.74, 6) is -0.0459. The molecule has 80 valence electrons. The van der Waals surface area contributed by atoms with Crippen LogP contribution in [0.25, 0.3) is 0 Å². The Morgan fingerprint density at radius 1 is 1.20 bits per heavy atom. The molecule has 1 aromatic rings. The number of hydrogen-bond donors (Lipinski definition) is 0. The van der Waals surface area contributed by atoms with Gasteiger partial charge in [0.1, 0.15) is 0 Å². The first kappa shape index (κ1) is 11.9. The number of benzene rings is 1. The second-order valence-corrected chi connectivity index (χ2v) is 4.77. The molecular formula is C12H14O2S. The van der Waals surface area contributed by atoms with Crippen molar-refractivity contribution in [1.29, 1.82) is 0 Å². The maximum atomic E-state index is 11.8. The highest BCUT2D eigenvalue weighted by Gasteiger charge is 2.03. The Labute approximate surface area is 92.5 Å². The van der Waals surface area contributed by atoms with Gasteiger partial charge >= 0.3 is 0 Å². The molecule has 3 heteroatoms. The van der Waals surface area contributed by atoms with E-state index in [2.05, 4.69) is 0 Å². The largest absolute Gasteiger partial charge is 0.295 e. The minimum Gasteiger partial charge on any atom is -0.295 e. The molecule has 0 fully saturated rings. The molecule has 0 saturated carbocycles. The molecule has 0 amide bonds. The fraction of sp³-hybridized carbons (Fsp3) is 0.250. The van der Waals surface area contributed by atoms with Gasteiger partial charge in [-0.25, -0.2) is 4.21 Å². The summed E-state index contributed by atoms with van der Waals surface area (Å²) < 4.78 is 11.8. The Kier molecular flexibility index (Phi) is 3.97. The fourth-order valence-corrected chi connectivity index (χ4v) is 2.01. The number of ketones is 1. The maximum absolute atomic E-state index is 11.8. The summed E-state index contributed by atoms with van der Waals surface area (Å²) in [6.07, 6.45) is 0. The summed E-state index contributed by atoms with van der Waals surface area (Å²) in [6, 6.07) is 7.44. The number of carbonyl (C=O) groups excluding carboxylic acids is 1. The standard InChI is InChI=1S/C12H14O2S/c1-9-4-6-12(7-5-9)15(14)8-10(2)11(3)13/h4-8H,1-3H3/b10-8-/t15-/m1/s1. The van der Waals surface area contributed by atoms with E-state index in [1.807, 2.05) is 31.2 Å². The van der Waals surface area contributed by atoms with Crippen LogP contribution < -0.4 is 0 Å². The van der Waals surface area contributed by atoms with E-state index < -0.39 is 10.8 Å². The third-order valence-corrected chi connectivity index (χ3v) is 3.40. The molecule has 0 bridgehead atoms. The molecule has 0 aromatic heterocycles. The molecule has 1 atom stereocenters. The molecule has 0 spiro atoms. The van der Waals surface area contributed by atoms with Crippen LogP contribution in [0, 0.1) is 6.92 Å². The molecule has 0 unspecified atom stereocenters. The van der Waals surface area contributed by atoms with Gasteiger partial charge in [0.25, 0.3) is 0 Å². The second kappa shape index (κ2) is 5.03. The van der Waals surface area contributed by atoms with Gasteiger partial charge in [0.15, 0.2) is 5.78 Å². The Morgan fingerprint density at radius 3 is 2.20 bits per heavy atom. The fourth-order valence-electron chi connectivity index (χ4n) is 0.984. The van der Waals surface area contributed by atoms with Crippen LogP contribution in [0.1, 0.15) is 19.4 Å². The van der Waals surface area contributed by atoms with E-state index in [4.69, 9.17) is 0 Å². The minimum absolute atomic E-state index is 0.0459. The van der Waals surface area contributed by atoms with Gasteiger partial charge < -0.3 is 0 Å². The van der Waals surface area contributed by atoms with E-state index in [0.29, 0.717) is 5.57 Å². The molecule has 0 N–H and O–H groups in total. The summed E-state index contributed by atoms with van der Waals surface area (Å²) in [5, 5.41) is 1.49. The first-order valence-corrected chi connectivity index (χ1v) is 5.88. The van der Waals surface area contributed by atoms with Crippen molar-refractivity contribution in [2.24, 2.45) is 0 Å². The summed E-state index contributed by atoms with van der Waals surface area (Å²) in [4.78, 5) is 11.7. The van der Waals surface area contributed by atoms with Gasteiger partial charge in [0.2, 0.25) is 0 Å². The number of aryl methyl sites for hydroxylation is 1. The zero-order valence-corrected chi connectivity index (χ0v) is 9.93. The highest BCUT2D eigenvalue weighted by atomic mass is 32.2. The van der Waals surface area contributed by atoms with E-state index in [1.54, 1.807) is 6.92 Å². The van der Waals surface area contributed by atoms with E-state index in [1.165, 1.54) is 12.3 Å². The smallest absolute Gasteiger partial charge is 0.156 e. The van der Waals surface area contributed by atoms with Crippen molar-refractivity contribution in [1.82, 2.24) is 0 Å². The SMILES string of the molecule is CC(=O)/C(C)=C\[S@@](=O)c1ccc(C)cc1. The Bertz CT molecular complexity index is 416. The number of carbonyl (C=O) groups is 1. The first-order valence-electron chi connectivity index (χ1n) is 4.67. The molecule has 15 heavy (non-hydrogen) atoms. The maximum Gasteiger partial charge on any atom is 0.156 e. The van der Waals surface area contributed by atoms with Crippen molar-refractivity contribution in [2.75, 3.05) is 0 Å². The highest BCUT2D eigenvalue weighted by molar-refractivity contribution is 7.88. The van der Waals surface area contributed by atoms with E-state index >= 15 is 0 Å². The van der Waals surface area contributed by atoms with Crippen LogP contribution in [0.2, 0.25) is 0 Å². The normalized spacial score (nSPS) is 13.7. The lowest BCUT2D eigenvalue weighted by Gasteiger charge is -1.99. The zero-order chi connectivity index (χ0) is 11.4. The van der Waals surface area contributed by atoms with Crippen molar-refractivity contribution in [3.63, 3.8) is 0 Å². The van der Waals surface area contributed by atoms with E-state index in [9.17, 15) is 9.00 Å². The Hall–Kier alpha value is -1.22. The van der Waals surface area contributed by atoms with E-state index in [0.717, 1.165) is 10.5 Å². The van der Waals surface area contributed by atoms with Gasteiger partial charge in [-0.1, -0.05) is 17.7 Å². The van der Waals surface area contributed by atoms with E-state index in [-0.39, 0.29) is 5.78 Å². The van der Waals surface area contributed by atoms with Crippen molar-refractivity contribution >= 4 is 16.6 Å². The molecular weight excluding hydrogens is 208 g/mol. The lowest BCUT2D eigenvalue weighted by molar-refractivity contribution is -0.113. The van der Waals surface area contributed by atoms with Gasteiger partial charge in [0.05, 0.1) is 10.8 Å². The van der Waals surface area contributed by atoms with Crippen LogP contribution in [0.3, 0.4) is 0 Å². The molecule has 0 radical (unpaired) electrons. The topological polar surface area (TPSA) is 34.1 Å². The Morgan fingerprint density at radius 2 is 1.73 bits per heavy atom. The molecule has 0 aliphatic rings. The minimum atomic E-state index is -1.23. The molecule has 0 saturated heterocycles.